The van der Waals surface area contributed by atoms with Gasteiger partial charge in [-0.1, -0.05) is 28.1 Å². The Morgan fingerprint density at radius 1 is 1.31 bits per heavy atom. The summed E-state index contributed by atoms with van der Waals surface area (Å²) < 4.78 is 1.14. The maximum Gasteiger partial charge on any atom is 0.0210 e. The van der Waals surface area contributed by atoms with Crippen LogP contribution in [0.3, 0.4) is 0 Å². The van der Waals surface area contributed by atoms with E-state index in [4.69, 9.17) is 0 Å². The first-order chi connectivity index (χ1) is 5.97. The Bertz CT molecular complexity index is 276. The van der Waals surface area contributed by atoms with Crippen LogP contribution in [0, 0.1) is 0 Å². The number of halogens is 1. The van der Waals surface area contributed by atoms with Crippen molar-refractivity contribution in [3.05, 3.63) is 34.3 Å². The molecule has 0 saturated heterocycles. The maximum atomic E-state index is 3.45. The van der Waals surface area contributed by atoms with Gasteiger partial charge in [-0.25, -0.2) is 0 Å². The molecule has 0 bridgehead atoms. The summed E-state index contributed by atoms with van der Waals surface area (Å²) in [4.78, 5) is 0. The second-order valence-corrected chi connectivity index (χ2v) is 5.15. The van der Waals surface area contributed by atoms with Crippen molar-refractivity contribution in [1.82, 2.24) is 5.32 Å². The molecule has 0 heterocycles. The van der Waals surface area contributed by atoms with Gasteiger partial charge in [0.15, 0.2) is 0 Å². The van der Waals surface area contributed by atoms with Gasteiger partial charge in [-0.2, -0.15) is 0 Å². The van der Waals surface area contributed by atoms with Crippen molar-refractivity contribution < 1.29 is 0 Å². The van der Waals surface area contributed by atoms with Gasteiger partial charge in [-0.3, -0.25) is 0 Å². The van der Waals surface area contributed by atoms with Crippen LogP contribution in [0.2, 0.25) is 0 Å². The molecule has 0 saturated carbocycles. The Kier molecular flexibility index (Phi) is 3.51. The van der Waals surface area contributed by atoms with E-state index in [1.807, 2.05) is 6.07 Å². The molecule has 0 fully saturated rings. The number of hydrogen-bond donors (Lipinski definition) is 1. The van der Waals surface area contributed by atoms with Gasteiger partial charge >= 0.3 is 0 Å². The molecule has 1 nitrogen and oxygen atoms in total. The maximum absolute atomic E-state index is 3.45. The first-order valence-electron chi connectivity index (χ1n) is 4.47. The first kappa shape index (κ1) is 10.7. The molecule has 13 heavy (non-hydrogen) atoms. The summed E-state index contributed by atoms with van der Waals surface area (Å²) in [6, 6.07) is 8.37. The fourth-order valence-electron chi connectivity index (χ4n) is 1.01. The predicted molar refractivity (Wildman–Crippen MR) is 60.7 cm³/mol. The predicted octanol–water partition coefficient (Wildman–Crippen LogP) is 3.34. The standard InChI is InChI=1S/C11H16BrN/c1-11(2,3)13-8-9-5-4-6-10(12)7-9/h4-7,13H,8H2,1-3H3. The first-order valence-corrected chi connectivity index (χ1v) is 5.26. The van der Waals surface area contributed by atoms with Crippen LogP contribution in [0.5, 0.6) is 0 Å². The van der Waals surface area contributed by atoms with Crippen LogP contribution in [0.4, 0.5) is 0 Å². The molecule has 1 N–H and O–H groups in total. The normalized spacial score (nSPS) is 11.7. The minimum absolute atomic E-state index is 0.183. The smallest absolute Gasteiger partial charge is 0.0210 e. The number of rotatable bonds is 2. The van der Waals surface area contributed by atoms with Crippen molar-refractivity contribution in [3.63, 3.8) is 0 Å². The van der Waals surface area contributed by atoms with Crippen LogP contribution in [0.1, 0.15) is 26.3 Å². The van der Waals surface area contributed by atoms with Gasteiger partial charge in [0.25, 0.3) is 0 Å². The topological polar surface area (TPSA) is 12.0 Å². The van der Waals surface area contributed by atoms with Crippen LogP contribution >= 0.6 is 15.9 Å². The summed E-state index contributed by atoms with van der Waals surface area (Å²) in [5.74, 6) is 0. The third-order valence-corrected chi connectivity index (χ3v) is 2.21. The van der Waals surface area contributed by atoms with E-state index >= 15 is 0 Å². The molecule has 1 rings (SSSR count). The van der Waals surface area contributed by atoms with Crippen LogP contribution in [0.25, 0.3) is 0 Å². The zero-order valence-electron chi connectivity index (χ0n) is 8.39. The average Bonchev–Trinajstić information content (AvgIpc) is 2.00. The fraction of sp³-hybridized carbons (Fsp3) is 0.455. The molecular formula is C11H16BrN. The van der Waals surface area contributed by atoms with Gasteiger partial charge in [0, 0.05) is 16.6 Å². The van der Waals surface area contributed by atoms with Gasteiger partial charge in [-0.15, -0.1) is 0 Å². The van der Waals surface area contributed by atoms with E-state index in [1.54, 1.807) is 0 Å². The van der Waals surface area contributed by atoms with Crippen LogP contribution in [-0.2, 0) is 6.54 Å². The highest BCUT2D eigenvalue weighted by molar-refractivity contribution is 9.10. The molecule has 1 aromatic carbocycles. The van der Waals surface area contributed by atoms with E-state index in [0.29, 0.717) is 0 Å². The Morgan fingerprint density at radius 2 is 2.00 bits per heavy atom. The molecule has 0 aliphatic carbocycles. The van der Waals surface area contributed by atoms with Gasteiger partial charge < -0.3 is 5.32 Å². The summed E-state index contributed by atoms with van der Waals surface area (Å²) in [7, 11) is 0. The van der Waals surface area contributed by atoms with E-state index < -0.39 is 0 Å². The molecule has 0 aromatic heterocycles. The molecule has 0 aliphatic heterocycles. The molecule has 0 amide bonds. The quantitative estimate of drug-likeness (QED) is 0.838. The third kappa shape index (κ3) is 4.44. The van der Waals surface area contributed by atoms with Crippen molar-refractivity contribution in [2.75, 3.05) is 0 Å². The second kappa shape index (κ2) is 4.25. The van der Waals surface area contributed by atoms with Gasteiger partial charge in [0.2, 0.25) is 0 Å². The minimum atomic E-state index is 0.183. The van der Waals surface area contributed by atoms with Crippen molar-refractivity contribution >= 4 is 15.9 Å². The molecule has 0 aliphatic rings. The molecule has 2 heteroatoms. The van der Waals surface area contributed by atoms with E-state index in [1.165, 1.54) is 5.56 Å². The van der Waals surface area contributed by atoms with Crippen molar-refractivity contribution in [2.24, 2.45) is 0 Å². The Balaban J connectivity index is 2.55. The lowest BCUT2D eigenvalue weighted by atomic mass is 10.1. The summed E-state index contributed by atoms with van der Waals surface area (Å²) in [5, 5.41) is 3.44. The molecule has 72 valence electrons. The lowest BCUT2D eigenvalue weighted by Crippen LogP contribution is -2.35. The number of benzene rings is 1. The lowest BCUT2D eigenvalue weighted by Gasteiger charge is -2.20. The zero-order chi connectivity index (χ0) is 9.90. The minimum Gasteiger partial charge on any atom is -0.308 e. The van der Waals surface area contributed by atoms with E-state index in [2.05, 4.69) is 60.2 Å². The van der Waals surface area contributed by atoms with Gasteiger partial charge in [0.05, 0.1) is 0 Å². The third-order valence-electron chi connectivity index (χ3n) is 1.71. The summed E-state index contributed by atoms with van der Waals surface area (Å²) in [5.41, 5.74) is 1.49. The Morgan fingerprint density at radius 3 is 2.54 bits per heavy atom. The zero-order valence-corrected chi connectivity index (χ0v) is 9.98. The highest BCUT2D eigenvalue weighted by Crippen LogP contribution is 2.12. The van der Waals surface area contributed by atoms with Gasteiger partial charge in [-0.05, 0) is 38.5 Å². The Labute approximate surface area is 88.7 Å². The van der Waals surface area contributed by atoms with E-state index in [0.717, 1.165) is 11.0 Å². The summed E-state index contributed by atoms with van der Waals surface area (Å²) >= 11 is 3.45. The molecule has 0 atom stereocenters. The Hall–Kier alpha value is -0.340. The van der Waals surface area contributed by atoms with Gasteiger partial charge in [0.1, 0.15) is 0 Å². The molecule has 1 aromatic rings. The van der Waals surface area contributed by atoms with Crippen molar-refractivity contribution in [2.45, 2.75) is 32.9 Å². The average molecular weight is 242 g/mol. The second-order valence-electron chi connectivity index (χ2n) is 4.23. The number of hydrogen-bond acceptors (Lipinski definition) is 1. The highest BCUT2D eigenvalue weighted by atomic mass is 79.9. The fourth-order valence-corrected chi connectivity index (χ4v) is 1.46. The van der Waals surface area contributed by atoms with E-state index in [9.17, 15) is 0 Å². The molecule has 0 unspecified atom stereocenters. The monoisotopic (exact) mass is 241 g/mol. The largest absolute Gasteiger partial charge is 0.308 e. The lowest BCUT2D eigenvalue weighted by molar-refractivity contribution is 0.424. The molecule has 0 radical (unpaired) electrons. The van der Waals surface area contributed by atoms with E-state index in [-0.39, 0.29) is 5.54 Å². The molecule has 0 spiro atoms. The highest BCUT2D eigenvalue weighted by Gasteiger charge is 2.07. The van der Waals surface area contributed by atoms with Crippen LogP contribution in [-0.4, -0.2) is 5.54 Å². The van der Waals surface area contributed by atoms with Crippen LogP contribution < -0.4 is 5.32 Å². The molecular weight excluding hydrogens is 226 g/mol. The van der Waals surface area contributed by atoms with Crippen molar-refractivity contribution in [1.29, 1.82) is 0 Å². The summed E-state index contributed by atoms with van der Waals surface area (Å²) in [6.07, 6.45) is 0. The summed E-state index contributed by atoms with van der Waals surface area (Å²) in [6.45, 7) is 7.43. The van der Waals surface area contributed by atoms with Crippen LogP contribution in [0.15, 0.2) is 28.7 Å². The van der Waals surface area contributed by atoms with Crippen molar-refractivity contribution in [3.8, 4) is 0 Å². The number of nitrogens with one attached hydrogen (secondary N) is 1. The SMILES string of the molecule is CC(C)(C)NCc1cccc(Br)c1.